The van der Waals surface area contributed by atoms with E-state index in [0.29, 0.717) is 29.2 Å². The third-order valence-electron chi connectivity index (χ3n) is 4.69. The van der Waals surface area contributed by atoms with Crippen molar-refractivity contribution in [3.05, 3.63) is 42.1 Å². The number of nitrogens with zero attached hydrogens (tertiary/aromatic N) is 1. The molecule has 1 saturated carbocycles. The van der Waals surface area contributed by atoms with E-state index in [9.17, 15) is 13.6 Å². The summed E-state index contributed by atoms with van der Waals surface area (Å²) in [7, 11) is 0. The van der Waals surface area contributed by atoms with Crippen LogP contribution in [0.1, 0.15) is 44.9 Å². The fraction of sp³-hybridized carbons (Fsp3) is 0.429. The number of thioether (sulfide) groups is 1. The molecule has 150 valence electrons. The Morgan fingerprint density at radius 1 is 1.21 bits per heavy atom. The van der Waals surface area contributed by atoms with Gasteiger partial charge >= 0.3 is 5.97 Å². The van der Waals surface area contributed by atoms with E-state index >= 15 is 0 Å². The molecule has 7 heteroatoms. The molecular formula is C21H23F2NO3S. The van der Waals surface area contributed by atoms with Crippen LogP contribution in [0, 0.1) is 11.6 Å². The molecule has 1 aliphatic rings. The number of ether oxygens (including phenoxy) is 1. The highest BCUT2D eigenvalue weighted by molar-refractivity contribution is 8.00. The zero-order chi connectivity index (χ0) is 19.9. The number of carboxylic acid groups (broad SMARTS) is 1. The quantitative estimate of drug-likeness (QED) is 0.541. The Hall–Kier alpha value is -2.15. The fourth-order valence-electron chi connectivity index (χ4n) is 3.27. The average molecular weight is 407 g/mol. The normalized spacial score (nSPS) is 14.4. The highest BCUT2D eigenvalue weighted by Crippen LogP contribution is 2.39. The Balaban J connectivity index is 1.72. The van der Waals surface area contributed by atoms with Crippen LogP contribution < -0.4 is 4.74 Å². The molecule has 28 heavy (non-hydrogen) atoms. The second-order valence-corrected chi connectivity index (χ2v) is 8.14. The zero-order valence-corrected chi connectivity index (χ0v) is 16.3. The lowest BCUT2D eigenvalue weighted by atomic mass is 10.1. The smallest absolute Gasteiger partial charge is 0.303 e. The molecule has 0 saturated heterocycles. The largest absolute Gasteiger partial charge is 0.488 e. The van der Waals surface area contributed by atoms with Crippen LogP contribution in [-0.2, 0) is 4.79 Å². The molecule has 4 nitrogen and oxygen atoms in total. The maximum absolute atomic E-state index is 14.5. The molecule has 1 fully saturated rings. The number of hydrogen-bond acceptors (Lipinski definition) is 4. The molecule has 1 aromatic heterocycles. The third-order valence-corrected chi connectivity index (χ3v) is 6.05. The van der Waals surface area contributed by atoms with Crippen molar-refractivity contribution in [2.24, 2.45) is 0 Å². The van der Waals surface area contributed by atoms with E-state index in [1.165, 1.54) is 25.0 Å². The van der Waals surface area contributed by atoms with Crippen molar-refractivity contribution in [1.82, 2.24) is 4.98 Å². The summed E-state index contributed by atoms with van der Waals surface area (Å²) in [6, 6.07) is 6.12. The predicted molar refractivity (Wildman–Crippen MR) is 105 cm³/mol. The van der Waals surface area contributed by atoms with Gasteiger partial charge in [0.2, 0.25) is 0 Å². The summed E-state index contributed by atoms with van der Waals surface area (Å²) in [6.45, 7) is 0.0656. The lowest BCUT2D eigenvalue weighted by Crippen LogP contribution is -2.04. The molecule has 1 aliphatic carbocycles. The molecular weight excluding hydrogens is 384 g/mol. The number of unbranched alkanes of at least 4 members (excludes halogenated alkanes) is 1. The molecule has 0 radical (unpaired) electrons. The van der Waals surface area contributed by atoms with E-state index in [1.54, 1.807) is 24.0 Å². The average Bonchev–Trinajstić information content (AvgIpc) is 3.16. The maximum atomic E-state index is 14.5. The van der Waals surface area contributed by atoms with E-state index < -0.39 is 23.4 Å². The molecule has 2 aromatic rings. The van der Waals surface area contributed by atoms with Gasteiger partial charge in [0.1, 0.15) is 5.03 Å². The lowest BCUT2D eigenvalue weighted by molar-refractivity contribution is -0.137. The van der Waals surface area contributed by atoms with Crippen LogP contribution in [0.2, 0.25) is 0 Å². The van der Waals surface area contributed by atoms with E-state index in [0.717, 1.165) is 17.9 Å². The van der Waals surface area contributed by atoms with Crippen molar-refractivity contribution >= 4 is 17.7 Å². The summed E-state index contributed by atoms with van der Waals surface area (Å²) in [5, 5.41) is 9.89. The second kappa shape index (κ2) is 9.87. The number of hydrogen-bond donors (Lipinski definition) is 1. The first kappa shape index (κ1) is 20.6. The first-order chi connectivity index (χ1) is 13.5. The minimum absolute atomic E-state index is 0.00963. The number of aromatic nitrogens is 1. The van der Waals surface area contributed by atoms with Gasteiger partial charge in [-0.25, -0.2) is 13.8 Å². The van der Waals surface area contributed by atoms with E-state index in [4.69, 9.17) is 9.84 Å². The van der Waals surface area contributed by atoms with Crippen LogP contribution in [0.3, 0.4) is 0 Å². The molecule has 0 amide bonds. The molecule has 0 spiro atoms. The zero-order valence-electron chi connectivity index (χ0n) is 15.5. The van der Waals surface area contributed by atoms with Gasteiger partial charge in [-0.15, -0.1) is 11.8 Å². The van der Waals surface area contributed by atoms with Gasteiger partial charge in [-0.3, -0.25) is 4.79 Å². The van der Waals surface area contributed by atoms with Crippen molar-refractivity contribution in [3.63, 3.8) is 0 Å². The number of pyridine rings is 1. The van der Waals surface area contributed by atoms with Crippen molar-refractivity contribution in [3.8, 4) is 16.9 Å². The van der Waals surface area contributed by atoms with Crippen molar-refractivity contribution < 1.29 is 23.4 Å². The lowest BCUT2D eigenvalue weighted by Gasteiger charge is -2.14. The Morgan fingerprint density at radius 2 is 1.93 bits per heavy atom. The van der Waals surface area contributed by atoms with Crippen LogP contribution in [0.15, 0.2) is 35.5 Å². The fourth-order valence-corrected chi connectivity index (χ4v) is 4.59. The van der Waals surface area contributed by atoms with Gasteiger partial charge in [-0.1, -0.05) is 18.9 Å². The molecule has 0 bridgehead atoms. The van der Waals surface area contributed by atoms with Gasteiger partial charge in [0.15, 0.2) is 17.4 Å². The maximum Gasteiger partial charge on any atom is 0.303 e. The summed E-state index contributed by atoms with van der Waals surface area (Å²) in [5.41, 5.74) is 1.15. The number of halogens is 2. The molecule has 0 unspecified atom stereocenters. The molecule has 0 atom stereocenters. The van der Waals surface area contributed by atoms with E-state index in [1.807, 2.05) is 6.07 Å². The first-order valence-electron chi connectivity index (χ1n) is 9.50. The van der Waals surface area contributed by atoms with Crippen molar-refractivity contribution in [2.45, 2.75) is 55.2 Å². The van der Waals surface area contributed by atoms with Gasteiger partial charge in [-0.05, 0) is 49.4 Å². The number of carboxylic acids is 1. The number of rotatable bonds is 9. The van der Waals surface area contributed by atoms with Gasteiger partial charge in [-0.2, -0.15) is 0 Å². The molecule has 1 aromatic carbocycles. The predicted octanol–water partition coefficient (Wildman–Crippen LogP) is 5.70. The monoisotopic (exact) mass is 407 g/mol. The summed E-state index contributed by atoms with van der Waals surface area (Å²) in [5.74, 6) is -2.86. The molecule has 0 aliphatic heterocycles. The van der Waals surface area contributed by atoms with E-state index in [-0.39, 0.29) is 13.0 Å². The van der Waals surface area contributed by atoms with Gasteiger partial charge < -0.3 is 9.84 Å². The summed E-state index contributed by atoms with van der Waals surface area (Å²) < 4.78 is 34.2. The van der Waals surface area contributed by atoms with Gasteiger partial charge in [0.25, 0.3) is 0 Å². The van der Waals surface area contributed by atoms with Crippen molar-refractivity contribution in [2.75, 3.05) is 6.61 Å². The second-order valence-electron chi connectivity index (χ2n) is 6.85. The Bertz CT molecular complexity index is 802. The highest BCUT2D eigenvalue weighted by Gasteiger charge is 2.20. The molecule has 1 heterocycles. The number of carbonyl (C=O) groups is 1. The Kier molecular flexibility index (Phi) is 7.25. The summed E-state index contributed by atoms with van der Waals surface area (Å²) in [6.07, 6.45) is 7.21. The van der Waals surface area contributed by atoms with Crippen LogP contribution in [-0.4, -0.2) is 27.9 Å². The Morgan fingerprint density at radius 3 is 2.61 bits per heavy atom. The SMILES string of the molecule is O=C(O)CCCCOc1c(F)cc(-c2cccnc2SC2CCCC2)cc1F. The van der Waals surface area contributed by atoms with Crippen LogP contribution >= 0.6 is 11.8 Å². The van der Waals surface area contributed by atoms with E-state index in [2.05, 4.69) is 4.98 Å². The van der Waals surface area contributed by atoms with Crippen LogP contribution in [0.5, 0.6) is 5.75 Å². The third kappa shape index (κ3) is 5.44. The molecule has 3 rings (SSSR count). The van der Waals surface area contributed by atoms with Crippen LogP contribution in [0.25, 0.3) is 11.1 Å². The number of aliphatic carboxylic acids is 1. The summed E-state index contributed by atoms with van der Waals surface area (Å²) in [4.78, 5) is 14.9. The highest BCUT2D eigenvalue weighted by atomic mass is 32.2. The standard InChI is InChI=1S/C21H23F2NO3S/c22-17-12-14(13-18(23)20(17)27-11-4-3-9-19(25)26)16-8-5-10-24-21(16)28-15-6-1-2-7-15/h5,8,10,12-13,15H,1-4,6-7,9,11H2,(H,25,26). The topological polar surface area (TPSA) is 59.4 Å². The minimum atomic E-state index is -0.899. The van der Waals surface area contributed by atoms with Crippen molar-refractivity contribution in [1.29, 1.82) is 0 Å². The number of benzene rings is 1. The minimum Gasteiger partial charge on any atom is -0.488 e. The molecule has 1 N–H and O–H groups in total. The first-order valence-corrected chi connectivity index (χ1v) is 10.4. The van der Waals surface area contributed by atoms with Gasteiger partial charge in [0.05, 0.1) is 6.61 Å². The van der Waals surface area contributed by atoms with Crippen LogP contribution in [0.4, 0.5) is 8.78 Å². The van der Waals surface area contributed by atoms with Gasteiger partial charge in [0, 0.05) is 23.4 Å². The summed E-state index contributed by atoms with van der Waals surface area (Å²) >= 11 is 1.68. The Labute approximate surface area is 167 Å².